The van der Waals surface area contributed by atoms with Crippen molar-refractivity contribution in [1.29, 1.82) is 5.26 Å². The molecule has 0 unspecified atom stereocenters. The van der Waals surface area contributed by atoms with Crippen molar-refractivity contribution in [3.05, 3.63) is 29.1 Å². The lowest BCUT2D eigenvalue weighted by Gasteiger charge is -2.05. The van der Waals surface area contributed by atoms with Gasteiger partial charge in [-0.05, 0) is 38.0 Å². The summed E-state index contributed by atoms with van der Waals surface area (Å²) in [6.07, 6.45) is 1.83. The Kier molecular flexibility index (Phi) is 2.20. The predicted molar refractivity (Wildman–Crippen MR) is 59.6 cm³/mol. The standard InChI is InChI=1S/C12H13N3/c1-4-15-7-14-12-9(3)10(6-13)8(2)5-11(12)15/h5,7H,4H2,1-3H3. The van der Waals surface area contributed by atoms with Gasteiger partial charge in [0.1, 0.15) is 0 Å². The SMILES string of the molecule is CCn1cnc2c(C)c(C#N)c(C)cc21. The number of hydrogen-bond donors (Lipinski definition) is 0. The van der Waals surface area contributed by atoms with Crippen molar-refractivity contribution in [3.8, 4) is 6.07 Å². The molecule has 0 N–H and O–H groups in total. The Morgan fingerprint density at radius 2 is 2.20 bits per heavy atom. The molecule has 2 rings (SSSR count). The molecule has 3 heteroatoms. The summed E-state index contributed by atoms with van der Waals surface area (Å²) in [7, 11) is 0. The Bertz CT molecular complexity index is 558. The molecular weight excluding hydrogens is 186 g/mol. The lowest BCUT2D eigenvalue weighted by Crippen LogP contribution is -1.94. The zero-order chi connectivity index (χ0) is 11.0. The van der Waals surface area contributed by atoms with Gasteiger partial charge < -0.3 is 4.57 Å². The molecule has 2 aromatic rings. The molecule has 1 aromatic heterocycles. The normalized spacial score (nSPS) is 10.5. The number of benzene rings is 1. The molecule has 0 amide bonds. The van der Waals surface area contributed by atoms with Gasteiger partial charge in [-0.15, -0.1) is 0 Å². The first-order valence-corrected chi connectivity index (χ1v) is 5.04. The van der Waals surface area contributed by atoms with E-state index in [0.29, 0.717) is 0 Å². The van der Waals surface area contributed by atoms with Gasteiger partial charge in [0.05, 0.1) is 29.0 Å². The van der Waals surface area contributed by atoms with Crippen LogP contribution in [0.25, 0.3) is 11.0 Å². The molecule has 1 heterocycles. The van der Waals surface area contributed by atoms with Gasteiger partial charge in [0.2, 0.25) is 0 Å². The largest absolute Gasteiger partial charge is 0.331 e. The number of hydrogen-bond acceptors (Lipinski definition) is 2. The molecule has 0 fully saturated rings. The van der Waals surface area contributed by atoms with Gasteiger partial charge in [0.15, 0.2) is 0 Å². The van der Waals surface area contributed by atoms with Gasteiger partial charge in [0.25, 0.3) is 0 Å². The van der Waals surface area contributed by atoms with Crippen LogP contribution in [0.2, 0.25) is 0 Å². The quantitative estimate of drug-likeness (QED) is 0.708. The second-order valence-electron chi connectivity index (χ2n) is 3.70. The van der Waals surface area contributed by atoms with Crippen LogP contribution in [0.1, 0.15) is 23.6 Å². The molecule has 76 valence electrons. The van der Waals surface area contributed by atoms with Gasteiger partial charge in [0, 0.05) is 6.54 Å². The second-order valence-corrected chi connectivity index (χ2v) is 3.70. The van der Waals surface area contributed by atoms with Crippen molar-refractivity contribution in [2.24, 2.45) is 0 Å². The van der Waals surface area contributed by atoms with Crippen molar-refractivity contribution in [3.63, 3.8) is 0 Å². The first-order chi connectivity index (χ1) is 7.19. The highest BCUT2D eigenvalue weighted by Gasteiger charge is 2.10. The van der Waals surface area contributed by atoms with Crippen LogP contribution in [0.15, 0.2) is 12.4 Å². The van der Waals surface area contributed by atoms with Crippen LogP contribution in [0, 0.1) is 25.2 Å². The minimum absolute atomic E-state index is 0.754. The maximum Gasteiger partial charge on any atom is 0.0998 e. The van der Waals surface area contributed by atoms with E-state index in [0.717, 1.165) is 34.3 Å². The van der Waals surface area contributed by atoms with Gasteiger partial charge in [-0.25, -0.2) is 4.98 Å². The summed E-state index contributed by atoms with van der Waals surface area (Å²) in [5, 5.41) is 9.04. The number of aryl methyl sites for hydroxylation is 3. The van der Waals surface area contributed by atoms with Crippen LogP contribution in [0.4, 0.5) is 0 Å². The topological polar surface area (TPSA) is 41.6 Å². The Balaban J connectivity index is 2.88. The molecule has 0 aliphatic heterocycles. The van der Waals surface area contributed by atoms with E-state index in [1.807, 2.05) is 26.2 Å². The molecule has 0 aliphatic carbocycles. The maximum absolute atomic E-state index is 9.04. The van der Waals surface area contributed by atoms with Gasteiger partial charge in [-0.1, -0.05) is 0 Å². The third kappa shape index (κ3) is 1.30. The number of nitriles is 1. The summed E-state index contributed by atoms with van der Waals surface area (Å²) in [4.78, 5) is 4.35. The van der Waals surface area contributed by atoms with Crippen LogP contribution < -0.4 is 0 Å². The number of fused-ring (bicyclic) bond motifs is 1. The summed E-state index contributed by atoms with van der Waals surface area (Å²) in [6, 6.07) is 4.27. The smallest absolute Gasteiger partial charge is 0.0998 e. The highest BCUT2D eigenvalue weighted by Crippen LogP contribution is 2.23. The molecule has 1 aromatic carbocycles. The minimum Gasteiger partial charge on any atom is -0.331 e. The Morgan fingerprint density at radius 1 is 1.47 bits per heavy atom. The molecule has 0 aliphatic rings. The Hall–Kier alpha value is -1.82. The maximum atomic E-state index is 9.04. The number of nitrogens with zero attached hydrogens (tertiary/aromatic N) is 3. The lowest BCUT2D eigenvalue weighted by atomic mass is 10.0. The summed E-state index contributed by atoms with van der Waals surface area (Å²) in [6.45, 7) is 6.92. The van der Waals surface area contributed by atoms with Crippen molar-refractivity contribution < 1.29 is 0 Å². The van der Waals surface area contributed by atoms with Crippen molar-refractivity contribution in [1.82, 2.24) is 9.55 Å². The molecular formula is C12H13N3. The van der Waals surface area contributed by atoms with Crippen molar-refractivity contribution in [2.45, 2.75) is 27.3 Å². The first kappa shape index (κ1) is 9.72. The summed E-state index contributed by atoms with van der Waals surface area (Å²) in [5.41, 5.74) is 4.83. The molecule has 0 saturated heterocycles. The van der Waals surface area contributed by atoms with E-state index in [1.54, 1.807) is 0 Å². The summed E-state index contributed by atoms with van der Waals surface area (Å²) < 4.78 is 2.09. The van der Waals surface area contributed by atoms with E-state index >= 15 is 0 Å². The van der Waals surface area contributed by atoms with Crippen LogP contribution in [0.3, 0.4) is 0 Å². The van der Waals surface area contributed by atoms with E-state index in [2.05, 4.69) is 22.5 Å². The fourth-order valence-corrected chi connectivity index (χ4v) is 1.95. The molecule has 0 atom stereocenters. The number of rotatable bonds is 1. The third-order valence-corrected chi connectivity index (χ3v) is 2.81. The summed E-state index contributed by atoms with van der Waals surface area (Å²) >= 11 is 0. The molecule has 0 radical (unpaired) electrons. The Morgan fingerprint density at radius 3 is 2.80 bits per heavy atom. The van der Waals surface area contributed by atoms with Gasteiger partial charge >= 0.3 is 0 Å². The van der Waals surface area contributed by atoms with Crippen LogP contribution in [-0.4, -0.2) is 9.55 Å². The average molecular weight is 199 g/mol. The van der Waals surface area contributed by atoms with Gasteiger partial charge in [-0.3, -0.25) is 0 Å². The molecule has 0 spiro atoms. The highest BCUT2D eigenvalue weighted by atomic mass is 15.0. The van der Waals surface area contributed by atoms with E-state index in [-0.39, 0.29) is 0 Å². The molecule has 0 saturated carbocycles. The zero-order valence-corrected chi connectivity index (χ0v) is 9.20. The third-order valence-electron chi connectivity index (χ3n) is 2.81. The average Bonchev–Trinajstić information content (AvgIpc) is 2.61. The fourth-order valence-electron chi connectivity index (χ4n) is 1.95. The van der Waals surface area contributed by atoms with Crippen LogP contribution in [-0.2, 0) is 6.54 Å². The second kappa shape index (κ2) is 3.39. The first-order valence-electron chi connectivity index (χ1n) is 5.04. The number of imidazole rings is 1. The van der Waals surface area contributed by atoms with Crippen LogP contribution >= 0.6 is 0 Å². The molecule has 15 heavy (non-hydrogen) atoms. The summed E-state index contributed by atoms with van der Waals surface area (Å²) in [5.74, 6) is 0. The van der Waals surface area contributed by atoms with Crippen molar-refractivity contribution >= 4 is 11.0 Å². The van der Waals surface area contributed by atoms with E-state index in [9.17, 15) is 0 Å². The molecule has 3 nitrogen and oxygen atoms in total. The molecule has 0 bridgehead atoms. The van der Waals surface area contributed by atoms with Crippen LogP contribution in [0.5, 0.6) is 0 Å². The van der Waals surface area contributed by atoms with E-state index in [1.165, 1.54) is 0 Å². The van der Waals surface area contributed by atoms with Crippen molar-refractivity contribution in [2.75, 3.05) is 0 Å². The van der Waals surface area contributed by atoms with E-state index < -0.39 is 0 Å². The Labute approximate surface area is 89.0 Å². The zero-order valence-electron chi connectivity index (χ0n) is 9.20. The monoisotopic (exact) mass is 199 g/mol. The fraction of sp³-hybridized carbons (Fsp3) is 0.333. The predicted octanol–water partition coefficient (Wildman–Crippen LogP) is 2.54. The van der Waals surface area contributed by atoms with E-state index in [4.69, 9.17) is 5.26 Å². The minimum atomic E-state index is 0.754. The highest BCUT2D eigenvalue weighted by molar-refractivity contribution is 5.82. The van der Waals surface area contributed by atoms with Gasteiger partial charge in [-0.2, -0.15) is 5.26 Å². The number of aromatic nitrogens is 2. The lowest BCUT2D eigenvalue weighted by molar-refractivity contribution is 0.787.